The first-order valence-corrected chi connectivity index (χ1v) is 16.0. The average molecular weight is 711 g/mol. The summed E-state index contributed by atoms with van der Waals surface area (Å²) in [7, 11) is 0. The van der Waals surface area contributed by atoms with Crippen LogP contribution in [0.25, 0.3) is 11.1 Å². The second-order valence-electron chi connectivity index (χ2n) is 10.8. The van der Waals surface area contributed by atoms with Crippen LogP contribution in [0.1, 0.15) is 62.3 Å². The highest BCUT2D eigenvalue weighted by molar-refractivity contribution is 14.1. The van der Waals surface area contributed by atoms with Crippen molar-refractivity contribution in [2.45, 2.75) is 59.4 Å². The molecule has 0 spiro atoms. The van der Waals surface area contributed by atoms with Gasteiger partial charge in [0.25, 0.3) is 5.91 Å². The van der Waals surface area contributed by atoms with E-state index >= 15 is 0 Å². The third-order valence-corrected chi connectivity index (χ3v) is 8.69. The number of halogens is 1. The Labute approximate surface area is 263 Å². The molecule has 2 aromatic heterocycles. The fourth-order valence-electron chi connectivity index (χ4n) is 3.87. The summed E-state index contributed by atoms with van der Waals surface area (Å²) in [4.78, 5) is 39.6. The van der Waals surface area contributed by atoms with Gasteiger partial charge in [-0.25, -0.2) is 4.98 Å². The molecule has 0 saturated carbocycles. The van der Waals surface area contributed by atoms with Crippen molar-refractivity contribution < 1.29 is 17.5 Å². The maximum Gasteiger partial charge on any atom is 0.257 e. The van der Waals surface area contributed by atoms with Crippen molar-refractivity contribution in [3.8, 4) is 11.1 Å². The van der Waals surface area contributed by atoms with Gasteiger partial charge in [-0.15, -0.1) is 11.3 Å². The smallest absolute Gasteiger partial charge is 0.257 e. The van der Waals surface area contributed by atoms with Crippen LogP contribution in [0.4, 0.5) is 10.7 Å². The minimum Gasteiger partial charge on any atom is -0.399 e. The molecule has 10 nitrogen and oxygen atoms in total. The van der Waals surface area contributed by atoms with Crippen LogP contribution in [0, 0.1) is 10.6 Å². The van der Waals surface area contributed by atoms with Gasteiger partial charge in [-0.3, -0.25) is 12.7 Å². The molecule has 0 radical (unpaired) electrons. The number of thiophene rings is 1. The van der Waals surface area contributed by atoms with Gasteiger partial charge in [0.15, 0.2) is 0 Å². The van der Waals surface area contributed by atoms with Crippen molar-refractivity contribution in [3.63, 3.8) is 0 Å². The number of hydrogen-bond acceptors (Lipinski definition) is 9. The lowest BCUT2D eigenvalue weighted by Gasteiger charge is -2.41. The number of amides is 2. The minimum absolute atomic E-state index is 0.0495. The number of nitrogens with zero attached hydrogens (tertiary/aromatic N) is 2. The molecule has 7 N–H and O–H groups in total. The molecule has 2 amide bonds. The maximum atomic E-state index is 12.8. The molecular formula is C30H43IN6O4S. The molecule has 0 unspecified atom stereocenters. The lowest BCUT2D eigenvalue weighted by atomic mass is 9.93. The van der Waals surface area contributed by atoms with Crippen LogP contribution in [-0.4, -0.2) is 53.7 Å². The number of aryl methyl sites for hydroxylation is 1. The van der Waals surface area contributed by atoms with Crippen molar-refractivity contribution >= 4 is 61.8 Å². The highest BCUT2D eigenvalue weighted by atomic mass is 127. The molecule has 0 atom stereocenters. The van der Waals surface area contributed by atoms with Gasteiger partial charge in [-0.05, 0) is 68.1 Å². The number of piperazine rings is 1. The summed E-state index contributed by atoms with van der Waals surface area (Å²) >= 11 is 0.271. The molecular weight excluding hydrogens is 667 g/mol. The highest BCUT2D eigenvalue weighted by Crippen LogP contribution is 2.35. The van der Waals surface area contributed by atoms with Crippen molar-refractivity contribution in [2.24, 2.45) is 5.73 Å². The van der Waals surface area contributed by atoms with E-state index in [0.717, 1.165) is 33.8 Å². The van der Waals surface area contributed by atoms with Gasteiger partial charge in [0.2, 0.25) is 27.1 Å². The molecule has 230 valence electrons. The van der Waals surface area contributed by atoms with Crippen LogP contribution in [0.5, 0.6) is 0 Å². The van der Waals surface area contributed by atoms with Crippen molar-refractivity contribution in [2.75, 3.05) is 31.1 Å². The molecule has 12 heteroatoms. The number of nitrogens with one attached hydrogen (secondary N) is 1. The zero-order chi connectivity index (χ0) is 32.3. The van der Waals surface area contributed by atoms with Gasteiger partial charge in [0.1, 0.15) is 16.0 Å². The Hall–Kier alpha value is -3.23. The lowest BCUT2D eigenvalue weighted by Crippen LogP contribution is -2.63. The number of nitrogens with two attached hydrogens (primary N) is 3. The fourth-order valence-corrected chi connectivity index (χ4v) is 5.43. The molecule has 0 aliphatic carbocycles. The third kappa shape index (κ3) is 9.66. The SMILES string of the molecule is C=O.CC(C)(C)c1cc(C(=O)N2CCNC(=O)C2(C)C)c(N)s1.CCN.Cc1ccc(N)cc1-c1ccc(I=O)nc1. The van der Waals surface area contributed by atoms with Gasteiger partial charge in [-0.1, -0.05) is 39.8 Å². The molecule has 4 rings (SSSR count). The van der Waals surface area contributed by atoms with Gasteiger partial charge in [0, 0.05) is 35.4 Å². The highest BCUT2D eigenvalue weighted by Gasteiger charge is 2.41. The van der Waals surface area contributed by atoms with E-state index in [9.17, 15) is 12.7 Å². The molecule has 1 fully saturated rings. The Morgan fingerprint density at radius 3 is 2.29 bits per heavy atom. The second-order valence-corrected chi connectivity index (χ2v) is 13.5. The van der Waals surface area contributed by atoms with Crippen LogP contribution in [0.3, 0.4) is 0 Å². The zero-order valence-corrected chi connectivity index (χ0v) is 28.4. The van der Waals surface area contributed by atoms with Crippen LogP contribution >= 0.6 is 32.5 Å². The molecule has 1 saturated heterocycles. The quantitative estimate of drug-likeness (QED) is 0.169. The Kier molecular flexibility index (Phi) is 14.4. The molecule has 42 heavy (non-hydrogen) atoms. The summed E-state index contributed by atoms with van der Waals surface area (Å²) in [6.07, 6.45) is 1.74. The number of anilines is 2. The maximum absolute atomic E-state index is 12.8. The normalized spacial score (nSPS) is 13.7. The first-order chi connectivity index (χ1) is 19.7. The van der Waals surface area contributed by atoms with Crippen molar-refractivity contribution in [3.05, 3.63) is 62.3 Å². The number of nitrogen functional groups attached to an aromatic ring is 2. The van der Waals surface area contributed by atoms with E-state index in [-0.39, 0.29) is 17.2 Å². The number of aromatic nitrogens is 1. The molecule has 1 aliphatic heterocycles. The van der Waals surface area contributed by atoms with Crippen molar-refractivity contribution in [1.82, 2.24) is 15.2 Å². The summed E-state index contributed by atoms with van der Waals surface area (Å²) < 4.78 is 11.4. The number of benzene rings is 1. The predicted molar refractivity (Wildman–Crippen MR) is 180 cm³/mol. The van der Waals surface area contributed by atoms with Crippen LogP contribution < -0.4 is 22.5 Å². The van der Waals surface area contributed by atoms with Gasteiger partial charge in [-0.2, -0.15) is 0 Å². The van der Waals surface area contributed by atoms with Gasteiger partial charge >= 0.3 is 0 Å². The molecule has 3 heterocycles. The van der Waals surface area contributed by atoms with E-state index in [0.29, 0.717) is 27.4 Å². The Morgan fingerprint density at radius 2 is 1.79 bits per heavy atom. The molecule has 3 aromatic rings. The predicted octanol–water partition coefficient (Wildman–Crippen LogP) is 4.88. The first kappa shape index (κ1) is 36.8. The van der Waals surface area contributed by atoms with Gasteiger partial charge in [0.05, 0.1) is 10.6 Å². The number of pyridine rings is 1. The summed E-state index contributed by atoms with van der Waals surface area (Å²) in [5.74, 6) is -0.300. The number of carbonyl (C=O) groups is 3. The third-order valence-electron chi connectivity index (χ3n) is 6.21. The lowest BCUT2D eigenvalue weighted by molar-refractivity contribution is -0.133. The topological polar surface area (TPSA) is 174 Å². The molecule has 0 bridgehead atoms. The number of carbonyl (C=O) groups excluding carboxylic acids is 3. The largest absolute Gasteiger partial charge is 0.399 e. The Bertz CT molecular complexity index is 1350. The first-order valence-electron chi connectivity index (χ1n) is 13.3. The zero-order valence-electron chi connectivity index (χ0n) is 25.4. The monoisotopic (exact) mass is 710 g/mol. The van der Waals surface area contributed by atoms with Gasteiger partial charge < -0.3 is 32.2 Å². The van der Waals surface area contributed by atoms with Crippen LogP contribution in [0.15, 0.2) is 42.6 Å². The standard InChI is InChI=1S/C15H23N3O2S.C12H11IN2O.C2H7N.CH2O/c1-14(2,3)10-8-9(11(16)21-10)12(19)18-7-6-17-13(20)15(18,4)5;1-8-2-4-10(14)6-11(8)9-3-5-12(13-16)15-7-9;1-2-3;1-2/h8H,6-7,16H2,1-5H3,(H,17,20);2-7H,14H2,1H3;2-3H2,1H3;1H2. The summed E-state index contributed by atoms with van der Waals surface area (Å²) in [5, 5.41) is 3.31. The van der Waals surface area contributed by atoms with E-state index in [1.807, 2.05) is 51.0 Å². The average Bonchev–Trinajstić information content (AvgIpc) is 3.35. The summed E-state index contributed by atoms with van der Waals surface area (Å²) in [5.41, 5.74) is 20.2. The fraction of sp³-hybridized carbons (Fsp3) is 0.400. The Morgan fingerprint density at radius 1 is 1.17 bits per heavy atom. The van der Waals surface area contributed by atoms with E-state index < -0.39 is 26.7 Å². The van der Waals surface area contributed by atoms with E-state index in [1.165, 1.54) is 11.3 Å². The Balaban J connectivity index is 0.000000373. The molecule has 1 aromatic carbocycles. The van der Waals surface area contributed by atoms with Crippen LogP contribution in [0.2, 0.25) is 0 Å². The van der Waals surface area contributed by atoms with E-state index in [4.69, 9.17) is 22.0 Å². The number of rotatable bonds is 3. The van der Waals surface area contributed by atoms with E-state index in [2.05, 4.69) is 31.1 Å². The summed E-state index contributed by atoms with van der Waals surface area (Å²) in [6, 6.07) is 11.4. The van der Waals surface area contributed by atoms with E-state index in [1.54, 1.807) is 31.0 Å². The molecule has 1 aliphatic rings. The van der Waals surface area contributed by atoms with Crippen molar-refractivity contribution in [1.29, 1.82) is 0 Å². The summed E-state index contributed by atoms with van der Waals surface area (Å²) in [6.45, 7) is 17.4. The van der Waals surface area contributed by atoms with Crippen LogP contribution in [-0.2, 0) is 18.1 Å². The minimum atomic E-state index is -1.17. The number of hydrogen-bond donors (Lipinski definition) is 4. The second kappa shape index (κ2) is 16.4.